The number of nitriles is 1. The summed E-state index contributed by atoms with van der Waals surface area (Å²) in [5.74, 6) is 1.06. The summed E-state index contributed by atoms with van der Waals surface area (Å²) in [6, 6.07) is 14.0. The molecule has 0 aliphatic rings. The molecule has 0 atom stereocenters. The van der Waals surface area contributed by atoms with Crippen LogP contribution in [0.4, 0.5) is 11.4 Å². The zero-order chi connectivity index (χ0) is 18.9. The topological polar surface area (TPSA) is 92.6 Å². The Morgan fingerprint density at radius 2 is 1.69 bits per heavy atom. The maximum atomic E-state index is 12.3. The number of anilines is 2. The van der Waals surface area contributed by atoms with Gasteiger partial charge in [0.1, 0.15) is 17.4 Å². The average Bonchev–Trinajstić information content (AvgIpc) is 2.68. The molecule has 0 spiro atoms. The van der Waals surface area contributed by atoms with E-state index in [1.165, 1.54) is 20.4 Å². The molecule has 0 bridgehead atoms. The fraction of sp³-hybridized carbons (Fsp3) is 0.158. The number of hydrogen-bond donors (Lipinski definition) is 2. The van der Waals surface area contributed by atoms with Gasteiger partial charge in [-0.3, -0.25) is 4.79 Å². The largest absolute Gasteiger partial charge is 0.495 e. The number of hydrogen-bond acceptors (Lipinski definition) is 6. The van der Waals surface area contributed by atoms with E-state index in [1.54, 1.807) is 37.4 Å². The molecule has 0 unspecified atom stereocenters. The molecular weight excluding hydrogens is 334 g/mol. The Morgan fingerprint density at radius 1 is 1.00 bits per heavy atom. The summed E-state index contributed by atoms with van der Waals surface area (Å²) in [7, 11) is 4.57. The quantitative estimate of drug-likeness (QED) is 0.587. The van der Waals surface area contributed by atoms with Crippen molar-refractivity contribution in [3.63, 3.8) is 0 Å². The number of para-hydroxylation sites is 2. The van der Waals surface area contributed by atoms with E-state index in [0.29, 0.717) is 28.6 Å². The maximum absolute atomic E-state index is 12.3. The molecule has 0 saturated heterocycles. The molecule has 0 saturated carbocycles. The molecule has 7 nitrogen and oxygen atoms in total. The monoisotopic (exact) mass is 353 g/mol. The average molecular weight is 353 g/mol. The predicted octanol–water partition coefficient (Wildman–Crippen LogP) is 3.17. The van der Waals surface area contributed by atoms with Gasteiger partial charge in [-0.1, -0.05) is 12.1 Å². The first-order chi connectivity index (χ1) is 12.6. The first-order valence-electron chi connectivity index (χ1n) is 7.66. The number of nitrogens with zero attached hydrogens (tertiary/aromatic N) is 1. The summed E-state index contributed by atoms with van der Waals surface area (Å²) in [6.45, 7) is 0. The Morgan fingerprint density at radius 3 is 2.35 bits per heavy atom. The zero-order valence-electron chi connectivity index (χ0n) is 14.7. The Hall–Kier alpha value is -3.66. The van der Waals surface area contributed by atoms with Gasteiger partial charge in [-0.25, -0.2) is 0 Å². The van der Waals surface area contributed by atoms with E-state index in [9.17, 15) is 10.1 Å². The smallest absolute Gasteiger partial charge is 0.267 e. The number of nitrogens with one attached hydrogen (secondary N) is 2. The van der Waals surface area contributed by atoms with Gasteiger partial charge in [0, 0.05) is 18.0 Å². The normalized spacial score (nSPS) is 10.5. The standard InChI is InChI=1S/C19H19N3O4/c1-24-16-7-5-4-6-15(16)21-12-13(11-20)19(23)22-14-8-9-17(25-2)18(10-14)26-3/h4-10,12,21H,1-3H3,(H,22,23)/b13-12-. The van der Waals surface area contributed by atoms with Crippen LogP contribution in [0.3, 0.4) is 0 Å². The van der Waals surface area contributed by atoms with Crippen LogP contribution in [-0.2, 0) is 4.79 Å². The van der Waals surface area contributed by atoms with E-state index in [1.807, 2.05) is 18.2 Å². The SMILES string of the molecule is COc1ccccc1N/C=C(/C#N)C(=O)Nc1ccc(OC)c(OC)c1. The van der Waals surface area contributed by atoms with Crippen molar-refractivity contribution >= 4 is 17.3 Å². The lowest BCUT2D eigenvalue weighted by Gasteiger charge is -2.11. The molecule has 0 radical (unpaired) electrons. The minimum atomic E-state index is -0.554. The number of rotatable bonds is 7. The molecular formula is C19H19N3O4. The van der Waals surface area contributed by atoms with Crippen LogP contribution in [0.1, 0.15) is 0 Å². The molecule has 2 N–H and O–H groups in total. The summed E-state index contributed by atoms with van der Waals surface area (Å²) in [4.78, 5) is 12.3. The third kappa shape index (κ3) is 4.45. The van der Waals surface area contributed by atoms with Gasteiger partial charge < -0.3 is 24.8 Å². The fourth-order valence-electron chi connectivity index (χ4n) is 2.17. The Labute approximate surface area is 151 Å². The van der Waals surface area contributed by atoms with E-state index >= 15 is 0 Å². The molecule has 1 amide bonds. The van der Waals surface area contributed by atoms with Crippen LogP contribution < -0.4 is 24.8 Å². The summed E-state index contributed by atoms with van der Waals surface area (Å²) >= 11 is 0. The van der Waals surface area contributed by atoms with Crippen molar-refractivity contribution < 1.29 is 19.0 Å². The Kier molecular flexibility index (Phi) is 6.46. The molecule has 0 aromatic heterocycles. The molecule has 0 fully saturated rings. The van der Waals surface area contributed by atoms with Gasteiger partial charge in [0.25, 0.3) is 5.91 Å². The van der Waals surface area contributed by atoms with Crippen LogP contribution in [0.15, 0.2) is 54.2 Å². The van der Waals surface area contributed by atoms with Crippen LogP contribution in [0.5, 0.6) is 17.2 Å². The van der Waals surface area contributed by atoms with E-state index in [-0.39, 0.29) is 5.57 Å². The van der Waals surface area contributed by atoms with Crippen LogP contribution in [-0.4, -0.2) is 27.2 Å². The second-order valence-electron chi connectivity index (χ2n) is 5.04. The third-order valence-corrected chi connectivity index (χ3v) is 3.49. The van der Waals surface area contributed by atoms with Gasteiger partial charge in [-0.15, -0.1) is 0 Å². The lowest BCUT2D eigenvalue weighted by atomic mass is 10.2. The third-order valence-electron chi connectivity index (χ3n) is 3.49. The van der Waals surface area contributed by atoms with Crippen molar-refractivity contribution in [3.05, 3.63) is 54.2 Å². The second-order valence-corrected chi connectivity index (χ2v) is 5.04. The molecule has 2 aromatic carbocycles. The van der Waals surface area contributed by atoms with E-state index in [0.717, 1.165) is 0 Å². The number of carbonyl (C=O) groups excluding carboxylic acids is 1. The minimum Gasteiger partial charge on any atom is -0.495 e. The van der Waals surface area contributed by atoms with Crippen molar-refractivity contribution in [3.8, 4) is 23.3 Å². The van der Waals surface area contributed by atoms with Gasteiger partial charge in [0.2, 0.25) is 0 Å². The number of benzene rings is 2. The van der Waals surface area contributed by atoms with E-state index in [2.05, 4.69) is 10.6 Å². The van der Waals surface area contributed by atoms with Gasteiger partial charge in [-0.2, -0.15) is 5.26 Å². The maximum Gasteiger partial charge on any atom is 0.267 e. The summed E-state index contributed by atoms with van der Waals surface area (Å²) in [5.41, 5.74) is 1.03. The van der Waals surface area contributed by atoms with Crippen LogP contribution in [0.2, 0.25) is 0 Å². The Balaban J connectivity index is 2.15. The van der Waals surface area contributed by atoms with Crippen molar-refractivity contribution in [2.24, 2.45) is 0 Å². The van der Waals surface area contributed by atoms with Gasteiger partial charge >= 0.3 is 0 Å². The van der Waals surface area contributed by atoms with Gasteiger partial charge in [0.15, 0.2) is 11.5 Å². The minimum absolute atomic E-state index is 0.0920. The highest BCUT2D eigenvalue weighted by molar-refractivity contribution is 6.06. The van der Waals surface area contributed by atoms with E-state index < -0.39 is 5.91 Å². The van der Waals surface area contributed by atoms with Crippen LogP contribution in [0, 0.1) is 11.3 Å². The lowest BCUT2D eigenvalue weighted by molar-refractivity contribution is -0.112. The second kappa shape index (κ2) is 8.99. The van der Waals surface area contributed by atoms with Crippen LogP contribution >= 0.6 is 0 Å². The number of ether oxygens (including phenoxy) is 3. The number of methoxy groups -OCH3 is 3. The molecule has 2 aromatic rings. The summed E-state index contributed by atoms with van der Waals surface area (Å²) in [5, 5.41) is 14.8. The fourth-order valence-corrected chi connectivity index (χ4v) is 2.17. The van der Waals surface area contributed by atoms with Crippen LogP contribution in [0.25, 0.3) is 0 Å². The summed E-state index contributed by atoms with van der Waals surface area (Å²) < 4.78 is 15.6. The van der Waals surface area contributed by atoms with Crippen molar-refractivity contribution in [2.75, 3.05) is 32.0 Å². The van der Waals surface area contributed by atoms with E-state index in [4.69, 9.17) is 14.2 Å². The molecule has 0 aliphatic heterocycles. The van der Waals surface area contributed by atoms with Crippen molar-refractivity contribution in [1.29, 1.82) is 5.26 Å². The molecule has 134 valence electrons. The highest BCUT2D eigenvalue weighted by Gasteiger charge is 2.12. The van der Waals surface area contributed by atoms with Crippen molar-refractivity contribution in [2.45, 2.75) is 0 Å². The predicted molar refractivity (Wildman–Crippen MR) is 98.5 cm³/mol. The molecule has 7 heteroatoms. The van der Waals surface area contributed by atoms with Gasteiger partial charge in [0.05, 0.1) is 27.0 Å². The molecule has 26 heavy (non-hydrogen) atoms. The van der Waals surface area contributed by atoms with Gasteiger partial charge in [-0.05, 0) is 24.3 Å². The number of amides is 1. The highest BCUT2D eigenvalue weighted by atomic mass is 16.5. The first kappa shape index (κ1) is 18.7. The number of carbonyl (C=O) groups is 1. The summed E-state index contributed by atoms with van der Waals surface area (Å²) in [6.07, 6.45) is 1.33. The molecule has 2 rings (SSSR count). The first-order valence-corrected chi connectivity index (χ1v) is 7.66. The Bertz CT molecular complexity index is 856. The lowest BCUT2D eigenvalue weighted by Crippen LogP contribution is -2.14. The van der Waals surface area contributed by atoms with Crippen molar-refractivity contribution in [1.82, 2.24) is 0 Å². The zero-order valence-corrected chi connectivity index (χ0v) is 14.7. The molecule has 0 heterocycles. The highest BCUT2D eigenvalue weighted by Crippen LogP contribution is 2.30. The molecule has 0 aliphatic carbocycles.